The molecule has 0 aliphatic carbocycles. The lowest BCUT2D eigenvalue weighted by atomic mass is 10.2. The second-order valence-corrected chi connectivity index (χ2v) is 7.49. The Hall–Kier alpha value is -2.61. The van der Waals surface area contributed by atoms with Gasteiger partial charge in [-0.2, -0.15) is 0 Å². The van der Waals surface area contributed by atoms with E-state index in [0.717, 1.165) is 5.69 Å². The average Bonchev–Trinajstić information content (AvgIpc) is 2.67. The molecule has 2 rings (SSSR count). The Labute approximate surface area is 168 Å². The first-order valence-corrected chi connectivity index (χ1v) is 10.0. The Balaban J connectivity index is 1.83. The Morgan fingerprint density at radius 1 is 1.14 bits per heavy atom. The van der Waals surface area contributed by atoms with E-state index in [4.69, 9.17) is 14.2 Å². The van der Waals surface area contributed by atoms with Crippen LogP contribution in [0.4, 0.5) is 5.69 Å². The molecule has 0 saturated carbocycles. The van der Waals surface area contributed by atoms with E-state index in [1.54, 1.807) is 38.6 Å². The van der Waals surface area contributed by atoms with Gasteiger partial charge in [0.2, 0.25) is 11.3 Å². The quantitative estimate of drug-likeness (QED) is 0.629. The Morgan fingerprint density at radius 3 is 2.54 bits per heavy atom. The highest BCUT2D eigenvalue weighted by atomic mass is 32.2. The van der Waals surface area contributed by atoms with Gasteiger partial charge in [0.25, 0.3) is 0 Å². The first-order chi connectivity index (χ1) is 13.4. The molecule has 0 unspecified atom stereocenters. The minimum absolute atomic E-state index is 0.142. The van der Waals surface area contributed by atoms with Gasteiger partial charge < -0.3 is 24.5 Å². The maximum Gasteiger partial charge on any atom is 0.234 e. The second-order valence-electron chi connectivity index (χ2n) is 6.50. The van der Waals surface area contributed by atoms with Crippen LogP contribution in [0.25, 0.3) is 0 Å². The van der Waals surface area contributed by atoms with E-state index in [9.17, 15) is 9.59 Å². The van der Waals surface area contributed by atoms with E-state index >= 15 is 0 Å². The van der Waals surface area contributed by atoms with Gasteiger partial charge in [-0.25, -0.2) is 0 Å². The molecule has 2 aromatic rings. The zero-order valence-corrected chi connectivity index (χ0v) is 17.4. The van der Waals surface area contributed by atoms with E-state index in [1.165, 1.54) is 17.8 Å². The summed E-state index contributed by atoms with van der Waals surface area (Å²) in [6, 6.07) is 6.69. The van der Waals surface area contributed by atoms with Crippen molar-refractivity contribution in [1.82, 2.24) is 4.98 Å². The van der Waals surface area contributed by atoms with Crippen LogP contribution >= 0.6 is 11.8 Å². The lowest BCUT2D eigenvalue weighted by Gasteiger charge is -2.11. The molecular weight excluding hydrogens is 380 g/mol. The maximum absolute atomic E-state index is 12.1. The first kappa shape index (κ1) is 21.7. The SMILES string of the molecule is COc1ccc(NC(=O)CSCc2cc(=O)c(OCC(C)C)c[nH]2)cc1OC. The number of carbonyl (C=O) groups is 1. The topological polar surface area (TPSA) is 89.6 Å². The van der Waals surface area contributed by atoms with Gasteiger partial charge in [-0.1, -0.05) is 13.8 Å². The Bertz CT molecular complexity index is 851. The number of carbonyl (C=O) groups excluding carboxylic acids is 1. The average molecular weight is 407 g/mol. The molecule has 0 saturated heterocycles. The van der Waals surface area contributed by atoms with Crippen molar-refractivity contribution in [2.24, 2.45) is 5.92 Å². The summed E-state index contributed by atoms with van der Waals surface area (Å²) in [4.78, 5) is 27.2. The van der Waals surface area contributed by atoms with Crippen molar-refractivity contribution in [2.45, 2.75) is 19.6 Å². The number of hydrogen-bond acceptors (Lipinski definition) is 6. The minimum Gasteiger partial charge on any atom is -0.493 e. The number of amides is 1. The highest BCUT2D eigenvalue weighted by Crippen LogP contribution is 2.29. The number of aromatic amines is 1. The van der Waals surface area contributed by atoms with Crippen molar-refractivity contribution in [1.29, 1.82) is 0 Å². The van der Waals surface area contributed by atoms with Gasteiger partial charge in [0, 0.05) is 35.5 Å². The molecule has 152 valence electrons. The predicted molar refractivity (Wildman–Crippen MR) is 112 cm³/mol. The van der Waals surface area contributed by atoms with Crippen LogP contribution < -0.4 is 25.0 Å². The van der Waals surface area contributed by atoms with Crippen LogP contribution in [0.3, 0.4) is 0 Å². The molecule has 0 aliphatic rings. The fraction of sp³-hybridized carbons (Fsp3) is 0.400. The van der Waals surface area contributed by atoms with Crippen molar-refractivity contribution in [2.75, 3.05) is 31.9 Å². The van der Waals surface area contributed by atoms with Gasteiger partial charge in [0.1, 0.15) is 0 Å². The van der Waals surface area contributed by atoms with Crippen LogP contribution in [0.1, 0.15) is 19.5 Å². The highest BCUT2D eigenvalue weighted by Gasteiger charge is 2.09. The van der Waals surface area contributed by atoms with Gasteiger partial charge in [-0.15, -0.1) is 11.8 Å². The number of benzene rings is 1. The van der Waals surface area contributed by atoms with Crippen LogP contribution in [0.5, 0.6) is 17.2 Å². The lowest BCUT2D eigenvalue weighted by molar-refractivity contribution is -0.113. The number of ether oxygens (including phenoxy) is 3. The number of pyridine rings is 1. The summed E-state index contributed by atoms with van der Waals surface area (Å²) in [5, 5.41) is 2.81. The number of nitrogens with one attached hydrogen (secondary N) is 2. The fourth-order valence-corrected chi connectivity index (χ4v) is 3.06. The smallest absolute Gasteiger partial charge is 0.234 e. The predicted octanol–water partition coefficient (Wildman–Crippen LogP) is 3.30. The zero-order valence-electron chi connectivity index (χ0n) is 16.5. The number of H-pyrrole nitrogens is 1. The van der Waals surface area contributed by atoms with Crippen molar-refractivity contribution < 1.29 is 19.0 Å². The lowest BCUT2D eigenvalue weighted by Crippen LogP contribution is -2.15. The number of aromatic nitrogens is 1. The van der Waals surface area contributed by atoms with E-state index in [0.29, 0.717) is 41.2 Å². The molecule has 7 nitrogen and oxygen atoms in total. The molecule has 1 heterocycles. The Morgan fingerprint density at radius 2 is 1.89 bits per heavy atom. The molecule has 0 radical (unpaired) electrons. The standard InChI is InChI=1S/C20H26N2O5S/c1-13(2)10-27-19-9-21-15(7-16(19)23)11-28-12-20(24)22-14-5-6-17(25-3)18(8-14)26-4/h5-9,13H,10-12H2,1-4H3,(H,21,23)(H,22,24). The van der Waals surface area contributed by atoms with Crippen molar-refractivity contribution in [3.63, 3.8) is 0 Å². The largest absolute Gasteiger partial charge is 0.493 e. The normalized spacial score (nSPS) is 10.6. The third-order valence-corrected chi connectivity index (χ3v) is 4.65. The van der Waals surface area contributed by atoms with Crippen molar-refractivity contribution in [3.05, 3.63) is 46.4 Å². The number of hydrogen-bond donors (Lipinski definition) is 2. The highest BCUT2D eigenvalue weighted by molar-refractivity contribution is 7.99. The first-order valence-electron chi connectivity index (χ1n) is 8.87. The van der Waals surface area contributed by atoms with E-state index in [-0.39, 0.29) is 17.1 Å². The second kappa shape index (κ2) is 10.7. The molecule has 1 aromatic carbocycles. The van der Waals surface area contributed by atoms with Crippen LogP contribution in [0.15, 0.2) is 35.3 Å². The van der Waals surface area contributed by atoms with Crippen LogP contribution in [-0.4, -0.2) is 37.5 Å². The van der Waals surface area contributed by atoms with Crippen LogP contribution in [0, 0.1) is 5.92 Å². The minimum atomic E-state index is -0.162. The van der Waals surface area contributed by atoms with Crippen LogP contribution in [0.2, 0.25) is 0 Å². The van der Waals surface area contributed by atoms with Gasteiger partial charge in [-0.05, 0) is 18.1 Å². The van der Waals surface area contributed by atoms with Gasteiger partial charge in [0.15, 0.2) is 17.2 Å². The van der Waals surface area contributed by atoms with Gasteiger partial charge in [0.05, 0.1) is 26.6 Å². The summed E-state index contributed by atoms with van der Waals surface area (Å²) in [5.74, 6) is 2.43. The molecule has 1 amide bonds. The van der Waals surface area contributed by atoms with Gasteiger partial charge in [-0.3, -0.25) is 9.59 Å². The monoisotopic (exact) mass is 406 g/mol. The van der Waals surface area contributed by atoms with Crippen LogP contribution in [-0.2, 0) is 10.5 Å². The molecule has 0 atom stereocenters. The van der Waals surface area contributed by atoms with Gasteiger partial charge >= 0.3 is 0 Å². The number of rotatable bonds is 10. The molecule has 28 heavy (non-hydrogen) atoms. The summed E-state index contributed by atoms with van der Waals surface area (Å²) >= 11 is 1.41. The number of anilines is 1. The van der Waals surface area contributed by atoms with Crippen molar-refractivity contribution >= 4 is 23.4 Å². The molecular formula is C20H26N2O5S. The zero-order chi connectivity index (χ0) is 20.5. The summed E-state index contributed by atoms with van der Waals surface area (Å²) in [5.41, 5.74) is 1.21. The molecule has 0 bridgehead atoms. The third-order valence-electron chi connectivity index (χ3n) is 3.67. The molecule has 0 aliphatic heterocycles. The summed E-state index contributed by atoms with van der Waals surface area (Å²) in [6.07, 6.45) is 1.57. The summed E-state index contributed by atoms with van der Waals surface area (Å²) in [7, 11) is 3.10. The summed E-state index contributed by atoms with van der Waals surface area (Å²) < 4.78 is 15.9. The molecule has 1 aromatic heterocycles. The molecule has 0 spiro atoms. The van der Waals surface area contributed by atoms with E-state index in [1.807, 2.05) is 13.8 Å². The maximum atomic E-state index is 12.1. The fourth-order valence-electron chi connectivity index (χ4n) is 2.32. The molecule has 8 heteroatoms. The van der Waals surface area contributed by atoms with E-state index < -0.39 is 0 Å². The summed E-state index contributed by atoms with van der Waals surface area (Å²) in [6.45, 7) is 4.53. The van der Waals surface area contributed by atoms with Crippen molar-refractivity contribution in [3.8, 4) is 17.2 Å². The Kier molecular flexibility index (Phi) is 8.25. The molecule has 0 fully saturated rings. The number of methoxy groups -OCH3 is 2. The molecule has 2 N–H and O–H groups in total. The van der Waals surface area contributed by atoms with E-state index in [2.05, 4.69) is 10.3 Å². The number of thioether (sulfide) groups is 1. The third kappa shape index (κ3) is 6.53.